The van der Waals surface area contributed by atoms with Crippen LogP contribution in [0.2, 0.25) is 0 Å². The van der Waals surface area contributed by atoms with Crippen molar-refractivity contribution in [3.8, 4) is 17.5 Å². The summed E-state index contributed by atoms with van der Waals surface area (Å²) in [5.74, 6) is -1.74. The number of hydrogen-bond acceptors (Lipinski definition) is 9. The smallest absolute Gasteiger partial charge is 0.375 e. The van der Waals surface area contributed by atoms with Gasteiger partial charge in [0.1, 0.15) is 6.61 Å². The van der Waals surface area contributed by atoms with Crippen LogP contribution in [0.3, 0.4) is 0 Å². The van der Waals surface area contributed by atoms with Gasteiger partial charge in [0.15, 0.2) is 17.1 Å². The van der Waals surface area contributed by atoms with Crippen molar-refractivity contribution in [3.05, 3.63) is 58.2 Å². The largest absolute Gasteiger partial charge is 0.439 e. The van der Waals surface area contributed by atoms with Crippen molar-refractivity contribution in [1.82, 2.24) is 15.3 Å². The molecule has 2 aromatic heterocycles. The van der Waals surface area contributed by atoms with Crippen LogP contribution in [-0.4, -0.2) is 40.8 Å². The summed E-state index contributed by atoms with van der Waals surface area (Å²) in [4.78, 5) is 38.4. The molecule has 4 aromatic rings. The fraction of sp³-hybridized carbons (Fsp3) is 0.100. The lowest BCUT2D eigenvalue weighted by Gasteiger charge is -2.08. The molecule has 0 saturated heterocycles. The molecule has 160 valence electrons. The van der Waals surface area contributed by atoms with E-state index in [1.807, 2.05) is 6.07 Å². The number of aromatic nitrogens is 3. The molecule has 2 aromatic carbocycles. The Balaban J connectivity index is 1.67. The molecule has 32 heavy (non-hydrogen) atoms. The van der Waals surface area contributed by atoms with Crippen molar-refractivity contribution in [2.24, 2.45) is 0 Å². The molecule has 12 heteroatoms. The molecule has 0 radical (unpaired) electrons. The Morgan fingerprint density at radius 2 is 2.00 bits per heavy atom. The van der Waals surface area contributed by atoms with Crippen molar-refractivity contribution in [2.45, 2.75) is 0 Å². The number of anilines is 2. The van der Waals surface area contributed by atoms with Gasteiger partial charge in [-0.25, -0.2) is 4.79 Å². The van der Waals surface area contributed by atoms with Crippen LogP contribution in [0.4, 0.5) is 11.4 Å². The maximum Gasteiger partial charge on any atom is 0.439 e. The molecule has 0 fully saturated rings. The first-order chi connectivity index (χ1) is 15.5. The molecule has 0 atom stereocenters. The van der Waals surface area contributed by atoms with Crippen molar-refractivity contribution in [2.75, 3.05) is 24.4 Å². The molecule has 0 unspecified atom stereocenters. The van der Waals surface area contributed by atoms with Crippen LogP contribution < -0.4 is 16.4 Å². The number of aromatic amines is 1. The van der Waals surface area contributed by atoms with Crippen molar-refractivity contribution >= 4 is 34.2 Å². The number of H-pyrrole nitrogens is 1. The molecule has 2 amide bonds. The standard InChI is InChI=1S/C20H14N6O6/c1-30-9-16(27)22-11-3-5-15-13(7-11)17(25-31-15)19(28)23-14-4-2-10(8-21)6-12(14)18-24-20(29)32-26-18/h2-7H,9H2,1H3,(H,22,27)(H,23,28)(H,24,26,29). The number of benzene rings is 2. The molecule has 12 nitrogen and oxygen atoms in total. The molecule has 2 heterocycles. The van der Waals surface area contributed by atoms with E-state index in [0.29, 0.717) is 16.7 Å². The minimum absolute atomic E-state index is 0.0354. The van der Waals surface area contributed by atoms with E-state index < -0.39 is 11.7 Å². The SMILES string of the molecule is COCC(=O)Nc1ccc2onc(C(=O)Nc3ccc(C#N)cc3-c3noc(=O)[nH]3)c2c1. The summed E-state index contributed by atoms with van der Waals surface area (Å²) < 4.78 is 14.5. The summed E-state index contributed by atoms with van der Waals surface area (Å²) >= 11 is 0. The summed E-state index contributed by atoms with van der Waals surface area (Å²) in [6.45, 7) is -0.124. The van der Waals surface area contributed by atoms with Crippen molar-refractivity contribution in [1.29, 1.82) is 5.26 Å². The van der Waals surface area contributed by atoms with E-state index >= 15 is 0 Å². The van der Waals surface area contributed by atoms with E-state index in [4.69, 9.17) is 14.5 Å². The minimum Gasteiger partial charge on any atom is -0.375 e. The third-order valence-electron chi connectivity index (χ3n) is 4.34. The molecule has 0 spiro atoms. The first kappa shape index (κ1) is 20.5. The molecular weight excluding hydrogens is 420 g/mol. The first-order valence-corrected chi connectivity index (χ1v) is 9.08. The highest BCUT2D eigenvalue weighted by atomic mass is 16.5. The second-order valence-electron chi connectivity index (χ2n) is 6.49. The van der Waals surface area contributed by atoms with Gasteiger partial charge in [-0.05, 0) is 36.4 Å². The van der Waals surface area contributed by atoms with Gasteiger partial charge >= 0.3 is 5.76 Å². The Hall–Kier alpha value is -4.76. The average Bonchev–Trinajstić information content (AvgIpc) is 3.40. The number of carbonyl (C=O) groups is 2. The molecule has 0 aliphatic heterocycles. The molecule has 3 N–H and O–H groups in total. The van der Waals surface area contributed by atoms with Crippen LogP contribution in [0.15, 0.2) is 50.2 Å². The summed E-state index contributed by atoms with van der Waals surface area (Å²) in [5, 5.41) is 22.3. The Bertz CT molecular complexity index is 1430. The van der Waals surface area contributed by atoms with Crippen LogP contribution >= 0.6 is 0 Å². The second-order valence-corrected chi connectivity index (χ2v) is 6.49. The Morgan fingerprint density at radius 1 is 1.16 bits per heavy atom. The number of rotatable bonds is 6. The lowest BCUT2D eigenvalue weighted by atomic mass is 10.1. The summed E-state index contributed by atoms with van der Waals surface area (Å²) in [6, 6.07) is 11.1. The maximum absolute atomic E-state index is 12.9. The average molecular weight is 434 g/mol. The second kappa shape index (κ2) is 8.54. The monoisotopic (exact) mass is 434 g/mol. The highest BCUT2D eigenvalue weighted by molar-refractivity contribution is 6.12. The van der Waals surface area contributed by atoms with Crippen molar-refractivity contribution in [3.63, 3.8) is 0 Å². The van der Waals surface area contributed by atoms with Gasteiger partial charge in [-0.2, -0.15) is 5.26 Å². The molecule has 0 saturated carbocycles. The zero-order valence-electron chi connectivity index (χ0n) is 16.5. The predicted octanol–water partition coefficient (Wildman–Crippen LogP) is 1.88. The van der Waals surface area contributed by atoms with Gasteiger partial charge in [0, 0.05) is 18.4 Å². The lowest BCUT2D eigenvalue weighted by Crippen LogP contribution is -2.17. The van der Waals surface area contributed by atoms with E-state index in [0.717, 1.165) is 0 Å². The summed E-state index contributed by atoms with van der Waals surface area (Å²) in [6.07, 6.45) is 0. The van der Waals surface area contributed by atoms with Gasteiger partial charge in [-0.3, -0.25) is 19.1 Å². The van der Waals surface area contributed by atoms with E-state index in [-0.39, 0.29) is 40.8 Å². The number of methoxy groups -OCH3 is 1. The van der Waals surface area contributed by atoms with Crippen LogP contribution in [0.25, 0.3) is 22.4 Å². The van der Waals surface area contributed by atoms with Crippen molar-refractivity contribution < 1.29 is 23.4 Å². The Morgan fingerprint density at radius 3 is 2.72 bits per heavy atom. The zero-order chi connectivity index (χ0) is 22.7. The van der Waals surface area contributed by atoms with E-state index in [1.54, 1.807) is 18.2 Å². The van der Waals surface area contributed by atoms with Gasteiger partial charge in [-0.15, -0.1) is 0 Å². The van der Waals surface area contributed by atoms with Gasteiger partial charge in [0.2, 0.25) is 5.91 Å². The lowest BCUT2D eigenvalue weighted by molar-refractivity contribution is -0.119. The Labute approximate surface area is 178 Å². The molecular formula is C20H14N6O6. The normalized spacial score (nSPS) is 10.6. The van der Waals surface area contributed by atoms with Crippen LogP contribution in [0.5, 0.6) is 0 Å². The Kier molecular flexibility index (Phi) is 5.47. The van der Waals surface area contributed by atoms with E-state index in [9.17, 15) is 14.4 Å². The number of nitriles is 1. The molecule has 0 aliphatic rings. The maximum atomic E-state index is 12.9. The number of ether oxygens (including phenoxy) is 1. The van der Waals surface area contributed by atoms with Crippen LogP contribution in [0, 0.1) is 11.3 Å². The van der Waals surface area contributed by atoms with Gasteiger partial charge < -0.3 is 19.9 Å². The third-order valence-corrected chi connectivity index (χ3v) is 4.34. The number of nitrogens with one attached hydrogen (secondary N) is 3. The summed E-state index contributed by atoms with van der Waals surface area (Å²) in [7, 11) is 1.40. The number of nitrogens with zero attached hydrogens (tertiary/aromatic N) is 3. The molecule has 4 rings (SSSR count). The first-order valence-electron chi connectivity index (χ1n) is 9.08. The highest BCUT2D eigenvalue weighted by Gasteiger charge is 2.20. The minimum atomic E-state index is -0.787. The molecule has 0 bridgehead atoms. The van der Waals surface area contributed by atoms with E-state index in [2.05, 4.69) is 30.5 Å². The quantitative estimate of drug-likeness (QED) is 0.409. The van der Waals surface area contributed by atoms with Crippen LogP contribution in [0.1, 0.15) is 16.1 Å². The van der Waals surface area contributed by atoms with Gasteiger partial charge in [-0.1, -0.05) is 10.3 Å². The third kappa shape index (κ3) is 4.09. The highest BCUT2D eigenvalue weighted by Crippen LogP contribution is 2.28. The van der Waals surface area contributed by atoms with Crippen LogP contribution in [-0.2, 0) is 9.53 Å². The number of fused-ring (bicyclic) bond motifs is 1. The predicted molar refractivity (Wildman–Crippen MR) is 110 cm³/mol. The summed E-state index contributed by atoms with van der Waals surface area (Å²) in [5.41, 5.74) is 1.52. The fourth-order valence-electron chi connectivity index (χ4n) is 2.95. The zero-order valence-corrected chi connectivity index (χ0v) is 16.5. The van der Waals surface area contributed by atoms with E-state index in [1.165, 1.54) is 25.3 Å². The van der Waals surface area contributed by atoms with Gasteiger partial charge in [0.25, 0.3) is 5.91 Å². The van der Waals surface area contributed by atoms with Gasteiger partial charge in [0.05, 0.1) is 22.7 Å². The number of amides is 2. The molecule has 0 aliphatic carbocycles. The number of hydrogen-bond donors (Lipinski definition) is 3. The number of carbonyl (C=O) groups excluding carboxylic acids is 2. The fourth-order valence-corrected chi connectivity index (χ4v) is 2.95. The topological polar surface area (TPSA) is 176 Å².